The second-order valence-electron chi connectivity index (χ2n) is 5.40. The molecule has 0 aliphatic heterocycles. The maximum atomic E-state index is 12.1. The first kappa shape index (κ1) is 17.7. The van der Waals surface area contributed by atoms with Gasteiger partial charge in [0, 0.05) is 23.1 Å². The maximum Gasteiger partial charge on any atom is 0.321 e. The molecule has 1 aromatic heterocycles. The molecule has 1 N–H and O–H groups in total. The molecular formula is C19H16ClN3O3. The average Bonchev–Trinajstić information content (AvgIpc) is 2.64. The molecule has 0 radical (unpaired) electrons. The highest BCUT2D eigenvalue weighted by Crippen LogP contribution is 2.24. The number of hydrogen-bond acceptors (Lipinski definition) is 5. The molecule has 0 atom stereocenters. The Kier molecular flexibility index (Phi) is 5.66. The van der Waals surface area contributed by atoms with Gasteiger partial charge in [-0.05, 0) is 61.0 Å². The number of hydrogen-bond donors (Lipinski definition) is 1. The van der Waals surface area contributed by atoms with Gasteiger partial charge in [-0.15, -0.1) is 0 Å². The molecular weight excluding hydrogens is 354 g/mol. The van der Waals surface area contributed by atoms with Crippen molar-refractivity contribution in [3.63, 3.8) is 0 Å². The Morgan fingerprint density at radius 2 is 1.77 bits per heavy atom. The van der Waals surface area contributed by atoms with E-state index in [1.807, 2.05) is 6.92 Å². The van der Waals surface area contributed by atoms with Gasteiger partial charge in [-0.25, -0.2) is 9.97 Å². The summed E-state index contributed by atoms with van der Waals surface area (Å²) in [5.41, 5.74) is 1.52. The lowest BCUT2D eigenvalue weighted by molar-refractivity contribution is -0.118. The van der Waals surface area contributed by atoms with E-state index in [0.29, 0.717) is 22.2 Å². The van der Waals surface area contributed by atoms with E-state index in [1.54, 1.807) is 60.9 Å². The number of anilines is 1. The summed E-state index contributed by atoms with van der Waals surface area (Å²) in [7, 11) is 0. The number of ether oxygens (including phenoxy) is 2. The van der Waals surface area contributed by atoms with Crippen LogP contribution in [0.2, 0.25) is 5.02 Å². The molecule has 1 heterocycles. The lowest BCUT2D eigenvalue weighted by atomic mass is 10.2. The third-order valence-electron chi connectivity index (χ3n) is 3.41. The van der Waals surface area contributed by atoms with Crippen molar-refractivity contribution in [2.45, 2.75) is 6.92 Å². The van der Waals surface area contributed by atoms with Gasteiger partial charge in [0.25, 0.3) is 5.91 Å². The fourth-order valence-corrected chi connectivity index (χ4v) is 2.28. The number of benzene rings is 2. The minimum absolute atomic E-state index is 0.100. The highest BCUT2D eigenvalue weighted by atomic mass is 35.5. The van der Waals surface area contributed by atoms with Gasteiger partial charge in [-0.2, -0.15) is 0 Å². The second-order valence-corrected chi connectivity index (χ2v) is 5.84. The molecule has 0 spiro atoms. The molecule has 1 amide bonds. The predicted molar refractivity (Wildman–Crippen MR) is 98.9 cm³/mol. The Labute approximate surface area is 155 Å². The third kappa shape index (κ3) is 4.94. The monoisotopic (exact) mass is 369 g/mol. The quantitative estimate of drug-likeness (QED) is 0.703. The molecule has 3 aromatic rings. The zero-order chi connectivity index (χ0) is 18.4. The van der Waals surface area contributed by atoms with Gasteiger partial charge in [0.15, 0.2) is 6.61 Å². The molecule has 0 saturated heterocycles. The summed E-state index contributed by atoms with van der Waals surface area (Å²) >= 11 is 5.81. The van der Waals surface area contributed by atoms with E-state index in [4.69, 9.17) is 21.1 Å². The number of amides is 1. The van der Waals surface area contributed by atoms with Gasteiger partial charge in [-0.3, -0.25) is 4.79 Å². The number of halogens is 1. The van der Waals surface area contributed by atoms with Crippen LogP contribution in [0.1, 0.15) is 5.56 Å². The Morgan fingerprint density at radius 1 is 1.08 bits per heavy atom. The number of nitrogens with one attached hydrogen (secondary N) is 1. The molecule has 132 valence electrons. The second kappa shape index (κ2) is 8.31. The van der Waals surface area contributed by atoms with Crippen LogP contribution in [0.15, 0.2) is 60.9 Å². The lowest BCUT2D eigenvalue weighted by Crippen LogP contribution is -2.20. The number of aromatic nitrogens is 2. The van der Waals surface area contributed by atoms with Gasteiger partial charge >= 0.3 is 6.01 Å². The first-order chi connectivity index (χ1) is 12.6. The van der Waals surface area contributed by atoms with Crippen LogP contribution in [-0.4, -0.2) is 22.5 Å². The van der Waals surface area contributed by atoms with Crippen LogP contribution in [0, 0.1) is 6.92 Å². The minimum atomic E-state index is -0.261. The van der Waals surface area contributed by atoms with Crippen LogP contribution >= 0.6 is 11.6 Å². The first-order valence-corrected chi connectivity index (χ1v) is 8.22. The highest BCUT2D eigenvalue weighted by molar-refractivity contribution is 6.30. The van der Waals surface area contributed by atoms with Crippen LogP contribution in [0.4, 0.5) is 5.69 Å². The van der Waals surface area contributed by atoms with Crippen LogP contribution < -0.4 is 14.8 Å². The van der Waals surface area contributed by atoms with Gasteiger partial charge in [0.05, 0.1) is 0 Å². The molecule has 2 aromatic carbocycles. The van der Waals surface area contributed by atoms with Crippen molar-refractivity contribution >= 4 is 23.2 Å². The molecule has 26 heavy (non-hydrogen) atoms. The smallest absolute Gasteiger partial charge is 0.321 e. The summed E-state index contributed by atoms with van der Waals surface area (Å²) in [6.07, 6.45) is 3.20. The van der Waals surface area contributed by atoms with Crippen molar-refractivity contribution in [3.05, 3.63) is 71.5 Å². The van der Waals surface area contributed by atoms with E-state index in [1.165, 1.54) is 0 Å². The molecule has 7 heteroatoms. The number of aryl methyl sites for hydroxylation is 1. The predicted octanol–water partition coefficient (Wildman–Crippen LogP) is 4.25. The van der Waals surface area contributed by atoms with E-state index in [-0.39, 0.29) is 18.5 Å². The highest BCUT2D eigenvalue weighted by Gasteiger charge is 2.08. The summed E-state index contributed by atoms with van der Waals surface area (Å²) in [6, 6.07) is 14.1. The number of nitrogens with zero attached hydrogens (tertiary/aromatic N) is 2. The standard InChI is InChI=1S/C19H16ClN3O3/c1-13-11-16(26-19-21-9-2-10-22-19)7-8-17(13)23-18(24)12-25-15-5-3-14(20)4-6-15/h2-11H,12H2,1H3,(H,23,24). The van der Waals surface area contributed by atoms with E-state index in [2.05, 4.69) is 15.3 Å². The normalized spacial score (nSPS) is 10.2. The van der Waals surface area contributed by atoms with Crippen molar-refractivity contribution in [2.24, 2.45) is 0 Å². The number of rotatable bonds is 6. The summed E-state index contributed by atoms with van der Waals surface area (Å²) in [5, 5.41) is 3.42. The fraction of sp³-hybridized carbons (Fsp3) is 0.105. The summed E-state index contributed by atoms with van der Waals surface area (Å²) < 4.78 is 11.0. The fourth-order valence-electron chi connectivity index (χ4n) is 2.15. The molecule has 0 saturated carbocycles. The van der Waals surface area contributed by atoms with Crippen LogP contribution in [0.25, 0.3) is 0 Å². The zero-order valence-electron chi connectivity index (χ0n) is 14.0. The zero-order valence-corrected chi connectivity index (χ0v) is 14.7. The first-order valence-electron chi connectivity index (χ1n) is 7.84. The van der Waals surface area contributed by atoms with E-state index < -0.39 is 0 Å². The Hall–Kier alpha value is -3.12. The molecule has 6 nitrogen and oxygen atoms in total. The van der Waals surface area contributed by atoms with Gasteiger partial charge in [0.2, 0.25) is 0 Å². The van der Waals surface area contributed by atoms with E-state index in [0.717, 1.165) is 5.56 Å². The van der Waals surface area contributed by atoms with Crippen molar-refractivity contribution in [2.75, 3.05) is 11.9 Å². The van der Waals surface area contributed by atoms with E-state index >= 15 is 0 Å². The Bertz CT molecular complexity index is 886. The average molecular weight is 370 g/mol. The van der Waals surface area contributed by atoms with Crippen molar-refractivity contribution in [1.29, 1.82) is 0 Å². The minimum Gasteiger partial charge on any atom is -0.484 e. The third-order valence-corrected chi connectivity index (χ3v) is 3.66. The van der Waals surface area contributed by atoms with Gasteiger partial charge < -0.3 is 14.8 Å². The number of carbonyl (C=O) groups excluding carboxylic acids is 1. The van der Waals surface area contributed by atoms with Crippen molar-refractivity contribution in [3.8, 4) is 17.5 Å². The summed E-state index contributed by atoms with van der Waals surface area (Å²) in [5.74, 6) is 0.903. The summed E-state index contributed by atoms with van der Waals surface area (Å²) in [4.78, 5) is 20.1. The number of carbonyl (C=O) groups is 1. The SMILES string of the molecule is Cc1cc(Oc2ncccn2)ccc1NC(=O)COc1ccc(Cl)cc1. The van der Waals surface area contributed by atoms with Crippen molar-refractivity contribution < 1.29 is 14.3 Å². The van der Waals surface area contributed by atoms with Crippen LogP contribution in [0.5, 0.6) is 17.5 Å². The van der Waals surface area contributed by atoms with Gasteiger partial charge in [0.1, 0.15) is 11.5 Å². The molecule has 3 rings (SSSR count). The topological polar surface area (TPSA) is 73.3 Å². The molecule has 0 unspecified atom stereocenters. The van der Waals surface area contributed by atoms with E-state index in [9.17, 15) is 4.79 Å². The van der Waals surface area contributed by atoms with Crippen molar-refractivity contribution in [1.82, 2.24) is 9.97 Å². The molecule has 0 aliphatic carbocycles. The molecule has 0 aliphatic rings. The summed E-state index contributed by atoms with van der Waals surface area (Å²) in [6.45, 7) is 1.77. The Balaban J connectivity index is 1.57. The Morgan fingerprint density at radius 3 is 2.46 bits per heavy atom. The maximum absolute atomic E-state index is 12.1. The molecule has 0 fully saturated rings. The van der Waals surface area contributed by atoms with Gasteiger partial charge in [-0.1, -0.05) is 11.6 Å². The van der Waals surface area contributed by atoms with Crippen LogP contribution in [-0.2, 0) is 4.79 Å². The molecule has 0 bridgehead atoms. The van der Waals surface area contributed by atoms with Crippen LogP contribution in [0.3, 0.4) is 0 Å². The lowest BCUT2D eigenvalue weighted by Gasteiger charge is -2.11. The largest absolute Gasteiger partial charge is 0.484 e.